The van der Waals surface area contributed by atoms with Crippen LogP contribution in [0.4, 0.5) is 0 Å². The molecule has 0 bridgehead atoms. The summed E-state index contributed by atoms with van der Waals surface area (Å²) >= 11 is 0. The first-order chi connectivity index (χ1) is 6.81. The van der Waals surface area contributed by atoms with Gasteiger partial charge >= 0.3 is 0 Å². The maximum Gasteiger partial charge on any atom is 0.0680 e. The fourth-order valence-corrected chi connectivity index (χ4v) is 2.93. The maximum absolute atomic E-state index is 10.1. The van der Waals surface area contributed by atoms with E-state index in [1.807, 2.05) is 0 Å². The van der Waals surface area contributed by atoms with Gasteiger partial charge < -0.3 is 5.11 Å². The molecule has 2 aliphatic rings. The predicted octanol–water partition coefficient (Wildman–Crippen LogP) is 3.65. The molecule has 82 valence electrons. The molecule has 0 amide bonds. The highest BCUT2D eigenvalue weighted by molar-refractivity contribution is 5.02. The minimum Gasteiger partial charge on any atom is -0.390 e. The van der Waals surface area contributed by atoms with Crippen LogP contribution in [0.2, 0.25) is 0 Å². The van der Waals surface area contributed by atoms with Gasteiger partial charge in [0.05, 0.1) is 5.60 Å². The largest absolute Gasteiger partial charge is 0.390 e. The van der Waals surface area contributed by atoms with E-state index in [0.29, 0.717) is 5.92 Å². The van der Waals surface area contributed by atoms with Crippen LogP contribution in [0.1, 0.15) is 70.6 Å². The molecule has 2 aliphatic carbocycles. The van der Waals surface area contributed by atoms with Crippen molar-refractivity contribution in [2.45, 2.75) is 76.2 Å². The number of hydrogen-bond acceptors (Lipinski definition) is 1. The predicted molar refractivity (Wildman–Crippen MR) is 59.2 cm³/mol. The molecule has 1 nitrogen and oxygen atoms in total. The molecular formula is C13H24O. The topological polar surface area (TPSA) is 20.2 Å². The fraction of sp³-hybridized carbons (Fsp3) is 1.00. The number of rotatable bonds is 0. The zero-order valence-electron chi connectivity index (χ0n) is 9.30. The van der Waals surface area contributed by atoms with Crippen LogP contribution in [0, 0.1) is 5.92 Å². The van der Waals surface area contributed by atoms with Gasteiger partial charge in [0.2, 0.25) is 0 Å². The lowest BCUT2D eigenvalue weighted by molar-refractivity contribution is 0.115. The Morgan fingerprint density at radius 3 is 2.07 bits per heavy atom. The first kappa shape index (κ1) is 10.5. The van der Waals surface area contributed by atoms with Gasteiger partial charge in [-0.15, -0.1) is 0 Å². The minimum absolute atomic E-state index is 0.209. The molecule has 2 atom stereocenters. The zero-order chi connectivity index (χ0) is 9.86. The Morgan fingerprint density at radius 2 is 1.36 bits per heavy atom. The van der Waals surface area contributed by atoms with E-state index >= 15 is 0 Å². The second-order valence-corrected chi connectivity index (χ2v) is 5.37. The molecule has 0 heterocycles. The molecule has 14 heavy (non-hydrogen) atoms. The summed E-state index contributed by atoms with van der Waals surface area (Å²) in [7, 11) is 0. The highest BCUT2D eigenvalue weighted by Crippen LogP contribution is 2.50. The Morgan fingerprint density at radius 1 is 0.786 bits per heavy atom. The molecule has 0 saturated heterocycles. The third-order valence-electron chi connectivity index (χ3n) is 4.11. The van der Waals surface area contributed by atoms with Crippen molar-refractivity contribution in [2.24, 2.45) is 5.92 Å². The average Bonchev–Trinajstić information content (AvgIpc) is 2.78. The van der Waals surface area contributed by atoms with E-state index in [4.69, 9.17) is 0 Å². The van der Waals surface area contributed by atoms with Crippen LogP contribution in [0.25, 0.3) is 0 Å². The highest BCUT2D eigenvalue weighted by Gasteiger charge is 2.50. The van der Waals surface area contributed by atoms with E-state index in [0.717, 1.165) is 12.8 Å². The fourth-order valence-electron chi connectivity index (χ4n) is 2.93. The van der Waals surface area contributed by atoms with Crippen LogP contribution in [-0.2, 0) is 0 Å². The molecule has 2 saturated carbocycles. The Bertz CT molecular complexity index is 178. The molecular weight excluding hydrogens is 172 g/mol. The Balaban J connectivity index is 1.75. The van der Waals surface area contributed by atoms with E-state index in [2.05, 4.69) is 0 Å². The van der Waals surface area contributed by atoms with Crippen molar-refractivity contribution in [1.82, 2.24) is 0 Å². The highest BCUT2D eigenvalue weighted by atomic mass is 16.3. The van der Waals surface area contributed by atoms with Gasteiger partial charge in [-0.05, 0) is 25.2 Å². The van der Waals surface area contributed by atoms with Crippen molar-refractivity contribution in [3.05, 3.63) is 0 Å². The third-order valence-corrected chi connectivity index (χ3v) is 4.11. The standard InChI is InChI=1S/C13H24O/c14-13-10-8-6-4-2-1-3-5-7-9-12(13)11-13/h12,14H,1-11H2/t12-,13+/m1/s1. The molecule has 0 spiro atoms. The average molecular weight is 196 g/mol. The van der Waals surface area contributed by atoms with E-state index < -0.39 is 0 Å². The third kappa shape index (κ3) is 2.73. The summed E-state index contributed by atoms with van der Waals surface area (Å²) in [6.07, 6.45) is 14.5. The first-order valence-electron chi connectivity index (χ1n) is 6.54. The van der Waals surface area contributed by atoms with Crippen LogP contribution in [-0.4, -0.2) is 10.7 Å². The summed E-state index contributed by atoms with van der Waals surface area (Å²) in [5.74, 6) is 0.668. The normalized spacial score (nSPS) is 40.5. The second kappa shape index (κ2) is 4.65. The lowest BCUT2D eigenvalue weighted by Crippen LogP contribution is -2.11. The molecule has 0 aromatic rings. The summed E-state index contributed by atoms with van der Waals surface area (Å²) in [5.41, 5.74) is -0.209. The van der Waals surface area contributed by atoms with E-state index in [9.17, 15) is 5.11 Å². The summed E-state index contributed by atoms with van der Waals surface area (Å²) in [5, 5.41) is 10.1. The molecule has 0 unspecified atom stereocenters. The number of fused-ring (bicyclic) bond motifs is 1. The van der Waals surface area contributed by atoms with Crippen molar-refractivity contribution >= 4 is 0 Å². The summed E-state index contributed by atoms with van der Waals surface area (Å²) < 4.78 is 0. The van der Waals surface area contributed by atoms with Crippen LogP contribution in [0.15, 0.2) is 0 Å². The molecule has 1 N–H and O–H groups in total. The van der Waals surface area contributed by atoms with Gasteiger partial charge in [0.25, 0.3) is 0 Å². The van der Waals surface area contributed by atoms with Gasteiger partial charge in [-0.25, -0.2) is 0 Å². The molecule has 0 aliphatic heterocycles. The number of aliphatic hydroxyl groups is 1. The second-order valence-electron chi connectivity index (χ2n) is 5.37. The molecule has 0 aromatic heterocycles. The SMILES string of the molecule is O[C@]12CCCCCCCCCC[C@@H]1C2. The summed E-state index contributed by atoms with van der Waals surface area (Å²) in [4.78, 5) is 0. The Kier molecular flexibility index (Phi) is 3.48. The van der Waals surface area contributed by atoms with Crippen LogP contribution >= 0.6 is 0 Å². The lowest BCUT2D eigenvalue weighted by Gasteiger charge is -2.11. The van der Waals surface area contributed by atoms with Crippen molar-refractivity contribution in [3.63, 3.8) is 0 Å². The van der Waals surface area contributed by atoms with Crippen molar-refractivity contribution < 1.29 is 5.11 Å². The van der Waals surface area contributed by atoms with Gasteiger partial charge in [-0.1, -0.05) is 51.4 Å². The number of hydrogen-bond donors (Lipinski definition) is 1. The van der Waals surface area contributed by atoms with Gasteiger partial charge in [0.1, 0.15) is 0 Å². The van der Waals surface area contributed by atoms with E-state index in [-0.39, 0.29) is 5.60 Å². The van der Waals surface area contributed by atoms with Crippen molar-refractivity contribution in [3.8, 4) is 0 Å². The quantitative estimate of drug-likeness (QED) is 0.627. The van der Waals surface area contributed by atoms with Crippen LogP contribution < -0.4 is 0 Å². The van der Waals surface area contributed by atoms with Gasteiger partial charge in [0, 0.05) is 0 Å². The van der Waals surface area contributed by atoms with Gasteiger partial charge in [0.15, 0.2) is 0 Å². The lowest BCUT2D eigenvalue weighted by atomic mass is 9.99. The molecule has 0 radical (unpaired) electrons. The smallest absolute Gasteiger partial charge is 0.0680 e. The maximum atomic E-state index is 10.1. The summed E-state index contributed by atoms with van der Waals surface area (Å²) in [6.45, 7) is 0. The van der Waals surface area contributed by atoms with Crippen molar-refractivity contribution in [2.75, 3.05) is 0 Å². The van der Waals surface area contributed by atoms with E-state index in [1.165, 1.54) is 57.8 Å². The van der Waals surface area contributed by atoms with Gasteiger partial charge in [-0.2, -0.15) is 0 Å². The minimum atomic E-state index is -0.209. The Hall–Kier alpha value is -0.0400. The zero-order valence-corrected chi connectivity index (χ0v) is 9.30. The molecule has 0 aromatic carbocycles. The van der Waals surface area contributed by atoms with Crippen LogP contribution in [0.3, 0.4) is 0 Å². The van der Waals surface area contributed by atoms with Gasteiger partial charge in [-0.3, -0.25) is 0 Å². The van der Waals surface area contributed by atoms with Crippen molar-refractivity contribution in [1.29, 1.82) is 0 Å². The van der Waals surface area contributed by atoms with Crippen LogP contribution in [0.5, 0.6) is 0 Å². The monoisotopic (exact) mass is 196 g/mol. The molecule has 1 heteroatoms. The Labute approximate surface area is 87.9 Å². The molecule has 2 fully saturated rings. The van der Waals surface area contributed by atoms with E-state index in [1.54, 1.807) is 0 Å². The summed E-state index contributed by atoms with van der Waals surface area (Å²) in [6, 6.07) is 0. The first-order valence-corrected chi connectivity index (χ1v) is 6.54. The molecule has 2 rings (SSSR count).